The Morgan fingerprint density at radius 2 is 1.77 bits per heavy atom. The Labute approximate surface area is 156 Å². The van der Waals surface area contributed by atoms with Gasteiger partial charge in [-0.3, -0.25) is 14.5 Å². The fourth-order valence-electron chi connectivity index (χ4n) is 3.03. The fourth-order valence-corrected chi connectivity index (χ4v) is 3.21. The molecule has 1 fully saturated rings. The molecule has 4 amide bonds. The molecule has 1 aliphatic heterocycles. The van der Waals surface area contributed by atoms with E-state index in [4.69, 9.17) is 11.6 Å². The predicted octanol–water partition coefficient (Wildman–Crippen LogP) is 3.14. The number of hydrogen-bond acceptors (Lipinski definition) is 3. The van der Waals surface area contributed by atoms with E-state index < -0.39 is 23.4 Å². The maximum atomic E-state index is 13.0. The summed E-state index contributed by atoms with van der Waals surface area (Å²) >= 11 is 6.02. The number of halogens is 1. The van der Waals surface area contributed by atoms with Crippen LogP contribution in [0.4, 0.5) is 10.5 Å². The first-order valence-electron chi connectivity index (χ1n) is 8.22. The maximum Gasteiger partial charge on any atom is 0.325 e. The van der Waals surface area contributed by atoms with E-state index in [1.807, 2.05) is 13.0 Å². The lowest BCUT2D eigenvalue weighted by molar-refractivity contribution is -0.134. The van der Waals surface area contributed by atoms with Gasteiger partial charge >= 0.3 is 6.03 Å². The number of benzene rings is 2. The van der Waals surface area contributed by atoms with E-state index in [0.29, 0.717) is 22.7 Å². The van der Waals surface area contributed by atoms with Gasteiger partial charge in [-0.25, -0.2) is 4.79 Å². The van der Waals surface area contributed by atoms with E-state index in [0.717, 1.165) is 4.90 Å². The van der Waals surface area contributed by atoms with Crippen molar-refractivity contribution in [3.05, 3.63) is 65.2 Å². The van der Waals surface area contributed by atoms with Crippen LogP contribution in [0.3, 0.4) is 0 Å². The van der Waals surface area contributed by atoms with E-state index in [1.54, 1.807) is 48.5 Å². The van der Waals surface area contributed by atoms with Gasteiger partial charge in [0.05, 0.1) is 10.7 Å². The zero-order valence-corrected chi connectivity index (χ0v) is 14.9. The number of para-hydroxylation sites is 1. The third kappa shape index (κ3) is 3.15. The molecule has 6 nitrogen and oxygen atoms in total. The molecule has 0 radical (unpaired) electrons. The number of nitrogens with zero attached hydrogens (tertiary/aromatic N) is 1. The summed E-state index contributed by atoms with van der Waals surface area (Å²) in [5.74, 6) is -0.938. The van der Waals surface area contributed by atoms with Crippen LogP contribution in [-0.4, -0.2) is 29.3 Å². The molecule has 1 heterocycles. The topological polar surface area (TPSA) is 78.5 Å². The highest BCUT2D eigenvalue weighted by Crippen LogP contribution is 2.32. The first-order chi connectivity index (χ1) is 12.5. The average Bonchev–Trinajstić information content (AvgIpc) is 2.89. The van der Waals surface area contributed by atoms with Gasteiger partial charge in [0.25, 0.3) is 5.91 Å². The summed E-state index contributed by atoms with van der Waals surface area (Å²) in [7, 11) is 0. The van der Waals surface area contributed by atoms with Crippen LogP contribution in [0, 0.1) is 0 Å². The van der Waals surface area contributed by atoms with Crippen LogP contribution in [0.15, 0.2) is 54.6 Å². The lowest BCUT2D eigenvalue weighted by atomic mass is 9.87. The lowest BCUT2D eigenvalue weighted by Crippen LogP contribution is -2.44. The minimum Gasteiger partial charge on any atom is -0.323 e. The number of nitrogens with one attached hydrogen (secondary N) is 2. The molecule has 134 valence electrons. The van der Waals surface area contributed by atoms with E-state index in [1.165, 1.54) is 0 Å². The fraction of sp³-hybridized carbons (Fsp3) is 0.211. The normalized spacial score (nSPS) is 19.4. The Kier molecular flexibility index (Phi) is 4.95. The SMILES string of the molecule is CC[C@@]1(c2ccccc2)NC(=O)N(CC(=O)Nc2ccccc2Cl)C1=O. The van der Waals surface area contributed by atoms with Crippen LogP contribution in [0.2, 0.25) is 5.02 Å². The first-order valence-corrected chi connectivity index (χ1v) is 8.60. The highest BCUT2D eigenvalue weighted by molar-refractivity contribution is 6.33. The third-order valence-corrected chi connectivity index (χ3v) is 4.75. The second-order valence-corrected chi connectivity index (χ2v) is 6.38. The van der Waals surface area contributed by atoms with Crippen LogP contribution in [-0.2, 0) is 15.1 Å². The van der Waals surface area contributed by atoms with Crippen LogP contribution < -0.4 is 10.6 Å². The van der Waals surface area contributed by atoms with Gasteiger partial charge in [-0.15, -0.1) is 0 Å². The number of urea groups is 1. The summed E-state index contributed by atoms with van der Waals surface area (Å²) in [5.41, 5.74) is -0.0332. The molecule has 0 bridgehead atoms. The smallest absolute Gasteiger partial charge is 0.323 e. The summed E-state index contributed by atoms with van der Waals surface area (Å²) in [6.45, 7) is 1.43. The minimum atomic E-state index is -1.15. The number of rotatable bonds is 5. The van der Waals surface area contributed by atoms with Crippen LogP contribution in [0.25, 0.3) is 0 Å². The quantitative estimate of drug-likeness (QED) is 0.792. The summed E-state index contributed by atoms with van der Waals surface area (Å²) in [6.07, 6.45) is 0.379. The average molecular weight is 372 g/mol. The zero-order valence-electron chi connectivity index (χ0n) is 14.2. The molecular formula is C19H18ClN3O3. The van der Waals surface area contributed by atoms with Crippen LogP contribution in [0.1, 0.15) is 18.9 Å². The largest absolute Gasteiger partial charge is 0.325 e. The standard InChI is InChI=1S/C19H18ClN3O3/c1-2-19(13-8-4-3-5-9-13)17(25)23(18(26)22-19)12-16(24)21-15-11-7-6-10-14(15)20/h3-11H,2,12H2,1H3,(H,21,24)(H,22,26)/t19-/m0/s1. The number of anilines is 1. The van der Waals surface area contributed by atoms with Gasteiger partial charge in [0, 0.05) is 0 Å². The summed E-state index contributed by atoms with van der Waals surface area (Å²) in [6, 6.07) is 15.2. The molecule has 1 aliphatic rings. The van der Waals surface area contributed by atoms with Gasteiger partial charge in [-0.2, -0.15) is 0 Å². The molecule has 2 aromatic rings. The highest BCUT2D eigenvalue weighted by atomic mass is 35.5. The number of carbonyl (C=O) groups excluding carboxylic acids is 3. The Bertz CT molecular complexity index is 856. The van der Waals surface area contributed by atoms with Crippen molar-refractivity contribution < 1.29 is 14.4 Å². The van der Waals surface area contributed by atoms with Crippen molar-refractivity contribution in [3.8, 4) is 0 Å². The Morgan fingerprint density at radius 1 is 1.12 bits per heavy atom. The molecule has 7 heteroatoms. The molecule has 0 aliphatic carbocycles. The molecule has 1 saturated heterocycles. The summed E-state index contributed by atoms with van der Waals surface area (Å²) in [4.78, 5) is 38.6. The molecule has 2 N–H and O–H groups in total. The lowest BCUT2D eigenvalue weighted by Gasteiger charge is -2.25. The molecule has 1 atom stereocenters. The van der Waals surface area contributed by atoms with Gasteiger partial charge in [-0.05, 0) is 24.1 Å². The second kappa shape index (κ2) is 7.17. The molecule has 0 aromatic heterocycles. The third-order valence-electron chi connectivity index (χ3n) is 4.42. The molecule has 2 aromatic carbocycles. The van der Waals surface area contributed by atoms with Crippen LogP contribution in [0.5, 0.6) is 0 Å². The summed E-state index contributed by atoms with van der Waals surface area (Å²) in [5, 5.41) is 5.74. The van der Waals surface area contributed by atoms with Crippen molar-refractivity contribution in [2.75, 3.05) is 11.9 Å². The van der Waals surface area contributed by atoms with Crippen molar-refractivity contribution in [1.82, 2.24) is 10.2 Å². The molecule has 3 rings (SSSR count). The van der Waals surface area contributed by atoms with Crippen molar-refractivity contribution >= 4 is 35.1 Å². The number of carbonyl (C=O) groups is 3. The van der Waals surface area contributed by atoms with Crippen molar-refractivity contribution in [2.45, 2.75) is 18.9 Å². The molecule has 0 unspecified atom stereocenters. The number of imide groups is 1. The highest BCUT2D eigenvalue weighted by Gasteiger charge is 2.51. The number of amides is 4. The van der Waals surface area contributed by atoms with Gasteiger partial charge in [0.1, 0.15) is 12.1 Å². The molecular weight excluding hydrogens is 354 g/mol. The van der Waals surface area contributed by atoms with E-state index in [-0.39, 0.29) is 6.54 Å². The van der Waals surface area contributed by atoms with Crippen molar-refractivity contribution in [3.63, 3.8) is 0 Å². The van der Waals surface area contributed by atoms with Gasteiger partial charge in [0.2, 0.25) is 5.91 Å². The zero-order chi connectivity index (χ0) is 18.7. The summed E-state index contributed by atoms with van der Waals surface area (Å²) < 4.78 is 0. The van der Waals surface area contributed by atoms with Gasteiger partial charge < -0.3 is 10.6 Å². The maximum absolute atomic E-state index is 13.0. The van der Waals surface area contributed by atoms with Crippen LogP contribution >= 0.6 is 11.6 Å². The van der Waals surface area contributed by atoms with Gasteiger partial charge in [0.15, 0.2) is 0 Å². The van der Waals surface area contributed by atoms with Gasteiger partial charge in [-0.1, -0.05) is 61.0 Å². The molecule has 26 heavy (non-hydrogen) atoms. The number of hydrogen-bond donors (Lipinski definition) is 2. The second-order valence-electron chi connectivity index (χ2n) is 5.97. The van der Waals surface area contributed by atoms with Crippen molar-refractivity contribution in [1.29, 1.82) is 0 Å². The Hall–Kier alpha value is -2.86. The Balaban J connectivity index is 1.79. The monoisotopic (exact) mass is 371 g/mol. The Morgan fingerprint density at radius 3 is 2.42 bits per heavy atom. The minimum absolute atomic E-state index is 0.379. The molecule has 0 saturated carbocycles. The predicted molar refractivity (Wildman–Crippen MR) is 98.7 cm³/mol. The first kappa shape index (κ1) is 17.9. The van der Waals surface area contributed by atoms with Crippen molar-refractivity contribution in [2.24, 2.45) is 0 Å². The van der Waals surface area contributed by atoms with E-state index in [9.17, 15) is 14.4 Å². The molecule has 0 spiro atoms. The van der Waals surface area contributed by atoms with E-state index in [2.05, 4.69) is 10.6 Å². The van der Waals surface area contributed by atoms with E-state index >= 15 is 0 Å².